The first kappa shape index (κ1) is 14.2. The molecule has 3 nitrogen and oxygen atoms in total. The normalized spacial score (nSPS) is 26.4. The number of nitrogens with zero attached hydrogens (tertiary/aromatic N) is 1. The van der Waals surface area contributed by atoms with Crippen molar-refractivity contribution >= 4 is 11.6 Å². The first-order valence-electron chi connectivity index (χ1n) is 7.68. The minimum atomic E-state index is 0.657. The summed E-state index contributed by atoms with van der Waals surface area (Å²) in [5.74, 6) is 0.779. The summed E-state index contributed by atoms with van der Waals surface area (Å²) in [6, 6.07) is 9.13. The van der Waals surface area contributed by atoms with Crippen molar-refractivity contribution in [2.75, 3.05) is 26.2 Å². The largest absolute Gasteiger partial charge is 0.491 e. The van der Waals surface area contributed by atoms with E-state index in [1.54, 1.807) is 0 Å². The number of piperidine rings is 1. The number of benzene rings is 1. The van der Waals surface area contributed by atoms with Gasteiger partial charge in [0.2, 0.25) is 0 Å². The van der Waals surface area contributed by atoms with E-state index in [0.29, 0.717) is 17.7 Å². The molecule has 0 bridgehead atoms. The second-order valence-electron chi connectivity index (χ2n) is 5.79. The lowest BCUT2D eigenvalue weighted by molar-refractivity contribution is 0.163. The van der Waals surface area contributed by atoms with Gasteiger partial charge in [-0.1, -0.05) is 23.7 Å². The monoisotopic (exact) mass is 294 g/mol. The van der Waals surface area contributed by atoms with Crippen molar-refractivity contribution in [2.45, 2.75) is 37.8 Å². The Morgan fingerprint density at radius 1 is 1.25 bits per heavy atom. The molecule has 2 atom stereocenters. The highest BCUT2D eigenvalue weighted by atomic mass is 35.5. The number of fused-ring (bicyclic) bond motifs is 1. The zero-order valence-corrected chi connectivity index (χ0v) is 12.6. The van der Waals surface area contributed by atoms with E-state index in [-0.39, 0.29) is 0 Å². The third kappa shape index (κ3) is 3.46. The standard InChI is InChI=1S/C16H23ClN2O/c17-15-5-1-2-6-16(15)20-11-8-18-13-7-10-19-9-3-4-14(19)12-13/h1-2,5-6,13-14,18H,3-4,7-12H2/t13-,14+/m1/s1. The minimum Gasteiger partial charge on any atom is -0.491 e. The molecule has 4 heteroatoms. The van der Waals surface area contributed by atoms with Gasteiger partial charge in [-0.25, -0.2) is 0 Å². The molecule has 1 N–H and O–H groups in total. The number of nitrogens with one attached hydrogen (secondary N) is 1. The van der Waals surface area contributed by atoms with Crippen molar-refractivity contribution in [3.63, 3.8) is 0 Å². The van der Waals surface area contributed by atoms with E-state index in [0.717, 1.165) is 18.3 Å². The van der Waals surface area contributed by atoms with Crippen LogP contribution >= 0.6 is 11.6 Å². The molecule has 3 rings (SSSR count). The summed E-state index contributed by atoms with van der Waals surface area (Å²) in [5.41, 5.74) is 0. The second kappa shape index (κ2) is 6.79. The molecule has 2 aliphatic heterocycles. The van der Waals surface area contributed by atoms with Crippen LogP contribution in [-0.2, 0) is 0 Å². The van der Waals surface area contributed by atoms with E-state index < -0.39 is 0 Å². The molecule has 2 fully saturated rings. The number of halogens is 1. The van der Waals surface area contributed by atoms with Crippen LogP contribution in [0, 0.1) is 0 Å². The van der Waals surface area contributed by atoms with Gasteiger partial charge in [0.1, 0.15) is 12.4 Å². The van der Waals surface area contributed by atoms with Crippen molar-refractivity contribution in [1.29, 1.82) is 0 Å². The van der Waals surface area contributed by atoms with Crippen LogP contribution in [0.5, 0.6) is 5.75 Å². The minimum absolute atomic E-state index is 0.657. The van der Waals surface area contributed by atoms with Gasteiger partial charge >= 0.3 is 0 Å². The number of rotatable bonds is 5. The average molecular weight is 295 g/mol. The maximum absolute atomic E-state index is 6.06. The van der Waals surface area contributed by atoms with Gasteiger partial charge in [0.05, 0.1) is 5.02 Å². The van der Waals surface area contributed by atoms with E-state index in [9.17, 15) is 0 Å². The fourth-order valence-corrected chi connectivity index (χ4v) is 3.59. The molecule has 1 aromatic carbocycles. The zero-order valence-electron chi connectivity index (χ0n) is 11.9. The Balaban J connectivity index is 1.37. The predicted octanol–water partition coefficient (Wildman–Crippen LogP) is 2.94. The van der Waals surface area contributed by atoms with Crippen LogP contribution in [0.3, 0.4) is 0 Å². The fourth-order valence-electron chi connectivity index (χ4n) is 3.40. The molecule has 2 aliphatic rings. The molecule has 110 valence electrons. The highest BCUT2D eigenvalue weighted by Crippen LogP contribution is 2.27. The van der Waals surface area contributed by atoms with Gasteiger partial charge in [0.25, 0.3) is 0 Å². The summed E-state index contributed by atoms with van der Waals surface area (Å²) in [7, 11) is 0. The Morgan fingerprint density at radius 3 is 3.05 bits per heavy atom. The second-order valence-corrected chi connectivity index (χ2v) is 6.19. The summed E-state index contributed by atoms with van der Waals surface area (Å²) in [5, 5.41) is 4.32. The van der Waals surface area contributed by atoms with Gasteiger partial charge in [-0.15, -0.1) is 0 Å². The predicted molar refractivity (Wildman–Crippen MR) is 82.6 cm³/mol. The van der Waals surface area contributed by atoms with Crippen LogP contribution in [0.25, 0.3) is 0 Å². The summed E-state index contributed by atoms with van der Waals surface area (Å²) < 4.78 is 5.71. The van der Waals surface area contributed by atoms with Crippen LogP contribution < -0.4 is 10.1 Å². The molecule has 0 radical (unpaired) electrons. The molecule has 0 saturated carbocycles. The Labute approximate surface area is 126 Å². The quantitative estimate of drug-likeness (QED) is 0.845. The molecule has 2 saturated heterocycles. The highest BCUT2D eigenvalue weighted by Gasteiger charge is 2.31. The Kier molecular flexibility index (Phi) is 4.81. The summed E-state index contributed by atoms with van der Waals surface area (Å²) in [6.07, 6.45) is 5.33. The van der Waals surface area contributed by atoms with Gasteiger partial charge in [0, 0.05) is 18.6 Å². The lowest BCUT2D eigenvalue weighted by Crippen LogP contribution is -2.46. The van der Waals surface area contributed by atoms with Crippen molar-refractivity contribution in [3.8, 4) is 5.75 Å². The first-order chi connectivity index (χ1) is 9.83. The van der Waals surface area contributed by atoms with Crippen molar-refractivity contribution in [1.82, 2.24) is 10.2 Å². The number of hydrogen-bond donors (Lipinski definition) is 1. The topological polar surface area (TPSA) is 24.5 Å². The number of hydrogen-bond acceptors (Lipinski definition) is 3. The van der Waals surface area contributed by atoms with E-state index >= 15 is 0 Å². The van der Waals surface area contributed by atoms with Crippen LogP contribution in [-0.4, -0.2) is 43.2 Å². The van der Waals surface area contributed by atoms with Crippen LogP contribution in [0.4, 0.5) is 0 Å². The smallest absolute Gasteiger partial charge is 0.137 e. The third-order valence-corrected chi connectivity index (χ3v) is 4.76. The van der Waals surface area contributed by atoms with E-state index in [1.165, 1.54) is 38.8 Å². The molecular formula is C16H23ClN2O. The molecule has 0 spiro atoms. The van der Waals surface area contributed by atoms with Gasteiger partial charge < -0.3 is 15.0 Å². The van der Waals surface area contributed by atoms with Crippen molar-refractivity contribution in [2.24, 2.45) is 0 Å². The third-order valence-electron chi connectivity index (χ3n) is 4.45. The number of ether oxygens (including phenoxy) is 1. The van der Waals surface area contributed by atoms with Gasteiger partial charge in [-0.3, -0.25) is 0 Å². The van der Waals surface area contributed by atoms with Gasteiger partial charge in [0.15, 0.2) is 0 Å². The molecule has 0 amide bonds. The molecule has 2 heterocycles. The number of para-hydroxylation sites is 1. The first-order valence-corrected chi connectivity index (χ1v) is 8.05. The molecule has 0 unspecified atom stereocenters. The SMILES string of the molecule is Clc1ccccc1OCCN[C@@H]1CCN2CCC[C@H]2C1. The summed E-state index contributed by atoms with van der Waals surface area (Å²) in [4.78, 5) is 2.65. The molecule has 20 heavy (non-hydrogen) atoms. The Morgan fingerprint density at radius 2 is 2.15 bits per heavy atom. The van der Waals surface area contributed by atoms with E-state index in [1.807, 2.05) is 24.3 Å². The Bertz CT molecular complexity index is 440. The summed E-state index contributed by atoms with van der Waals surface area (Å²) in [6.45, 7) is 4.14. The Hall–Kier alpha value is -0.770. The van der Waals surface area contributed by atoms with Gasteiger partial charge in [-0.2, -0.15) is 0 Å². The van der Waals surface area contributed by atoms with Crippen LogP contribution in [0.1, 0.15) is 25.7 Å². The summed E-state index contributed by atoms with van der Waals surface area (Å²) >= 11 is 6.06. The lowest BCUT2D eigenvalue weighted by atomic mass is 9.98. The van der Waals surface area contributed by atoms with Crippen LogP contribution in [0.2, 0.25) is 5.02 Å². The van der Waals surface area contributed by atoms with Gasteiger partial charge in [-0.05, 0) is 50.9 Å². The zero-order chi connectivity index (χ0) is 13.8. The van der Waals surface area contributed by atoms with E-state index in [2.05, 4.69) is 10.2 Å². The van der Waals surface area contributed by atoms with Crippen molar-refractivity contribution < 1.29 is 4.74 Å². The van der Waals surface area contributed by atoms with E-state index in [4.69, 9.17) is 16.3 Å². The van der Waals surface area contributed by atoms with Crippen LogP contribution in [0.15, 0.2) is 24.3 Å². The average Bonchev–Trinajstić information content (AvgIpc) is 2.93. The molecule has 0 aromatic heterocycles. The maximum atomic E-state index is 6.06. The highest BCUT2D eigenvalue weighted by molar-refractivity contribution is 6.32. The lowest BCUT2D eigenvalue weighted by Gasteiger charge is -2.35. The van der Waals surface area contributed by atoms with Crippen molar-refractivity contribution in [3.05, 3.63) is 29.3 Å². The molecule has 0 aliphatic carbocycles. The fraction of sp³-hybridized carbons (Fsp3) is 0.625. The molecular weight excluding hydrogens is 272 g/mol. The maximum Gasteiger partial charge on any atom is 0.137 e. The molecule has 1 aromatic rings.